The number of hydrogen-bond acceptors (Lipinski definition) is 8. The molecule has 0 fully saturated rings. The van der Waals surface area contributed by atoms with E-state index in [2.05, 4.69) is 94.3 Å². The molecule has 0 atom stereocenters. The maximum absolute atomic E-state index is 8.49. The van der Waals surface area contributed by atoms with Gasteiger partial charge in [0, 0.05) is 47.9 Å². The van der Waals surface area contributed by atoms with Crippen LogP contribution in [0, 0.1) is 20.5 Å². The average Bonchev–Trinajstić information content (AvgIpc) is 2.77. The van der Waals surface area contributed by atoms with Gasteiger partial charge in [0.1, 0.15) is 13.1 Å². The van der Waals surface area contributed by atoms with Crippen molar-refractivity contribution in [2.75, 3.05) is 0 Å². The molecule has 4 rings (SSSR count). The molecule has 2 aromatic carbocycles. The minimum absolute atomic E-state index is 1.08. The minimum Gasteiger partial charge on any atom is -0.222 e. The molecule has 10 nitrogen and oxygen atoms in total. The number of unbranched alkanes of at least 4 members (excludes halogenated alkanes) is 2. The summed E-state index contributed by atoms with van der Waals surface area (Å²) in [5, 5.41) is 2.63. The Balaban J connectivity index is 0.000000368. The summed E-state index contributed by atoms with van der Waals surface area (Å²) in [7, 11) is -9.89. The molecular weight excluding hydrogens is 503 g/mol. The van der Waals surface area contributed by atoms with Gasteiger partial charge in [-0.25, -0.2) is 37.3 Å². The molecule has 0 unspecified atom stereocenters. The predicted octanol–water partition coefficient (Wildman–Crippen LogP) is -5.07. The fourth-order valence-electron chi connectivity index (χ4n) is 3.57. The van der Waals surface area contributed by atoms with Crippen molar-refractivity contribution in [1.29, 1.82) is 0 Å². The lowest BCUT2D eigenvalue weighted by atomic mass is 10.2. The molecule has 2 aromatic heterocycles. The molecule has 0 saturated heterocycles. The molecule has 0 spiro atoms. The zero-order valence-corrected chi connectivity index (χ0v) is 20.0. The summed E-state index contributed by atoms with van der Waals surface area (Å²) >= 11 is 0. The highest BCUT2D eigenvalue weighted by molar-refractivity contribution is 5.75. The molecule has 2 heterocycles. The molecule has 35 heavy (non-hydrogen) atoms. The standard InChI is InChI=1S/C23H24N2.2ClHO4/c1(6-16-24-18-8-12-20-10-2-4-14-22(20)24)7-17-25-19-9-13-21-11-3-5-15-23(21)25;2*2-1(3,4)5/h2-5,8-15,18-19H,1,6-7,16-17H2;2*(H,2,3,4,5)/q+2;;/p-2. The van der Waals surface area contributed by atoms with Crippen LogP contribution in [0.1, 0.15) is 19.3 Å². The van der Waals surface area contributed by atoms with Crippen molar-refractivity contribution in [3.05, 3.63) is 85.2 Å². The molecule has 4 aromatic rings. The maximum Gasteiger partial charge on any atom is 0.212 e. The third kappa shape index (κ3) is 12.2. The van der Waals surface area contributed by atoms with Crippen molar-refractivity contribution in [2.45, 2.75) is 32.4 Å². The monoisotopic (exact) mass is 526 g/mol. The molecule has 0 aliphatic rings. The number of pyridine rings is 2. The summed E-state index contributed by atoms with van der Waals surface area (Å²) < 4.78 is 72.7. The first-order chi connectivity index (χ1) is 16.4. The normalized spacial score (nSPS) is 11.4. The molecule has 0 amide bonds. The summed E-state index contributed by atoms with van der Waals surface area (Å²) in [5.74, 6) is 0. The predicted molar refractivity (Wildman–Crippen MR) is 102 cm³/mol. The van der Waals surface area contributed by atoms with Gasteiger partial charge in [-0.15, -0.1) is 20.5 Å². The number of benzene rings is 2. The molecule has 0 aliphatic heterocycles. The van der Waals surface area contributed by atoms with Crippen LogP contribution in [-0.4, -0.2) is 0 Å². The van der Waals surface area contributed by atoms with Crippen LogP contribution in [0.3, 0.4) is 0 Å². The first kappa shape index (κ1) is 28.8. The zero-order chi connectivity index (χ0) is 25.9. The molecule has 188 valence electrons. The van der Waals surface area contributed by atoms with Crippen LogP contribution in [0.4, 0.5) is 0 Å². The Hall–Kier alpha value is -2.48. The van der Waals surface area contributed by atoms with Crippen molar-refractivity contribution in [1.82, 2.24) is 0 Å². The van der Waals surface area contributed by atoms with E-state index in [1.54, 1.807) is 0 Å². The second-order valence-corrected chi connectivity index (χ2v) is 8.85. The SMILES string of the molecule is [O-][Cl+3]([O-])([O-])[O-].[O-][Cl+3]([O-])([O-])[O-].c1ccc2c(c1)ccc[n+]2CCCCC[n+]1cccc2ccccc21. The van der Waals surface area contributed by atoms with E-state index in [1.165, 1.54) is 41.1 Å². The van der Waals surface area contributed by atoms with E-state index < -0.39 is 20.5 Å². The minimum atomic E-state index is -4.94. The smallest absolute Gasteiger partial charge is 0.212 e. The fraction of sp³-hybridized carbons (Fsp3) is 0.217. The Bertz CT molecular complexity index is 1080. The third-order valence-corrected chi connectivity index (χ3v) is 4.87. The molecule has 12 heteroatoms. The number of hydrogen-bond donors (Lipinski definition) is 0. The van der Waals surface area contributed by atoms with Crippen LogP contribution in [0.15, 0.2) is 85.2 Å². The second-order valence-electron chi connectivity index (χ2n) is 7.34. The summed E-state index contributed by atoms with van der Waals surface area (Å²) in [6.45, 7) is 2.17. The maximum atomic E-state index is 8.49. The van der Waals surface area contributed by atoms with E-state index in [4.69, 9.17) is 37.3 Å². The number of halogens is 2. The molecule has 0 N–H and O–H groups in total. The van der Waals surface area contributed by atoms with Gasteiger partial charge in [-0.2, -0.15) is 9.13 Å². The Morgan fingerprint density at radius 2 is 0.771 bits per heavy atom. The van der Waals surface area contributed by atoms with E-state index in [1.807, 2.05) is 0 Å². The van der Waals surface area contributed by atoms with Crippen LogP contribution < -0.4 is 46.4 Å². The molecular formula is C23H24Cl2N2O8. The van der Waals surface area contributed by atoms with Crippen LogP contribution in [0.25, 0.3) is 21.8 Å². The number of aryl methyl sites for hydroxylation is 2. The number of rotatable bonds is 6. The quantitative estimate of drug-likeness (QED) is 0.176. The van der Waals surface area contributed by atoms with Gasteiger partial charge in [0.2, 0.25) is 11.0 Å². The Kier molecular flexibility index (Phi) is 11.1. The van der Waals surface area contributed by atoms with E-state index in [-0.39, 0.29) is 0 Å². The van der Waals surface area contributed by atoms with E-state index in [9.17, 15) is 0 Å². The molecule has 0 bridgehead atoms. The van der Waals surface area contributed by atoms with Gasteiger partial charge in [-0.05, 0) is 30.7 Å². The van der Waals surface area contributed by atoms with Gasteiger partial charge in [-0.1, -0.05) is 24.3 Å². The van der Waals surface area contributed by atoms with Crippen LogP contribution in [0.2, 0.25) is 0 Å². The van der Waals surface area contributed by atoms with Crippen molar-refractivity contribution in [3.63, 3.8) is 0 Å². The third-order valence-electron chi connectivity index (χ3n) is 4.87. The first-order valence-corrected chi connectivity index (χ1v) is 12.9. The summed E-state index contributed by atoms with van der Waals surface area (Å²) in [6.07, 6.45) is 8.06. The van der Waals surface area contributed by atoms with E-state index in [0.717, 1.165) is 13.1 Å². The van der Waals surface area contributed by atoms with Crippen LogP contribution in [0.5, 0.6) is 0 Å². The largest absolute Gasteiger partial charge is 0.222 e. The summed E-state index contributed by atoms with van der Waals surface area (Å²) in [5.41, 5.74) is 2.65. The number of fused-ring (bicyclic) bond motifs is 2. The van der Waals surface area contributed by atoms with Crippen molar-refractivity contribution in [2.24, 2.45) is 0 Å². The highest BCUT2D eigenvalue weighted by atomic mass is 35.7. The van der Waals surface area contributed by atoms with Gasteiger partial charge in [0.05, 0.1) is 0 Å². The van der Waals surface area contributed by atoms with E-state index in [0.29, 0.717) is 0 Å². The number of aromatic nitrogens is 2. The second kappa shape index (κ2) is 13.6. The van der Waals surface area contributed by atoms with Gasteiger partial charge in [0.25, 0.3) is 0 Å². The van der Waals surface area contributed by atoms with Crippen molar-refractivity contribution >= 4 is 21.8 Å². The Morgan fingerprint density at radius 1 is 0.457 bits per heavy atom. The number of nitrogens with zero attached hydrogens (tertiary/aromatic N) is 2. The lowest BCUT2D eigenvalue weighted by molar-refractivity contribution is -2.00. The Labute approximate surface area is 206 Å². The van der Waals surface area contributed by atoms with Crippen LogP contribution >= 0.6 is 0 Å². The first-order valence-electron chi connectivity index (χ1n) is 10.4. The topological polar surface area (TPSA) is 192 Å². The van der Waals surface area contributed by atoms with Crippen LogP contribution in [-0.2, 0) is 13.1 Å². The fourth-order valence-corrected chi connectivity index (χ4v) is 3.57. The van der Waals surface area contributed by atoms with Gasteiger partial charge in [0.15, 0.2) is 12.4 Å². The van der Waals surface area contributed by atoms with Gasteiger partial charge >= 0.3 is 0 Å². The average molecular weight is 527 g/mol. The van der Waals surface area contributed by atoms with Gasteiger partial charge < -0.3 is 0 Å². The molecule has 0 aliphatic carbocycles. The molecule has 0 radical (unpaired) electrons. The number of para-hydroxylation sites is 2. The Morgan fingerprint density at radius 3 is 1.14 bits per heavy atom. The molecule has 0 saturated carbocycles. The lowest BCUT2D eigenvalue weighted by Gasteiger charge is -2.17. The highest BCUT2D eigenvalue weighted by Crippen LogP contribution is 2.10. The lowest BCUT2D eigenvalue weighted by Crippen LogP contribution is -2.68. The van der Waals surface area contributed by atoms with Crippen molar-refractivity contribution in [3.8, 4) is 0 Å². The van der Waals surface area contributed by atoms with E-state index >= 15 is 0 Å². The summed E-state index contributed by atoms with van der Waals surface area (Å²) in [6, 6.07) is 25.9. The van der Waals surface area contributed by atoms with Crippen molar-refractivity contribution < 1.29 is 66.9 Å². The highest BCUT2D eigenvalue weighted by Gasteiger charge is 2.09. The van der Waals surface area contributed by atoms with Gasteiger partial charge in [-0.3, -0.25) is 0 Å². The zero-order valence-electron chi connectivity index (χ0n) is 18.5. The summed E-state index contributed by atoms with van der Waals surface area (Å²) in [4.78, 5) is 0.